The summed E-state index contributed by atoms with van der Waals surface area (Å²) < 4.78 is 0. The average molecular weight is 287 g/mol. The summed E-state index contributed by atoms with van der Waals surface area (Å²) in [5.41, 5.74) is 5.36. The number of hydrogen-bond acceptors (Lipinski definition) is 8. The van der Waals surface area contributed by atoms with Crippen LogP contribution in [0.15, 0.2) is 35.2 Å². The lowest BCUT2D eigenvalue weighted by molar-refractivity contribution is 0.507. The number of nitrogens with zero attached hydrogens (tertiary/aromatic N) is 6. The molecule has 0 aliphatic carbocycles. The summed E-state index contributed by atoms with van der Waals surface area (Å²) in [4.78, 5) is 24.3. The van der Waals surface area contributed by atoms with E-state index in [0.29, 0.717) is 18.1 Å². The van der Waals surface area contributed by atoms with Gasteiger partial charge in [-0.05, 0) is 6.42 Å². The second-order valence-corrected chi connectivity index (χ2v) is 4.64. The first kappa shape index (κ1) is 11.9. The molecule has 21 heavy (non-hydrogen) atoms. The summed E-state index contributed by atoms with van der Waals surface area (Å²) in [7, 11) is 0. The number of hydrogen-bond donors (Lipinski definition) is 3. The molecular formula is C11H13N9O. The van der Waals surface area contributed by atoms with Crippen molar-refractivity contribution in [1.29, 1.82) is 0 Å². The van der Waals surface area contributed by atoms with Crippen LogP contribution in [0.3, 0.4) is 0 Å². The molecule has 2 aromatic rings. The van der Waals surface area contributed by atoms with Crippen molar-refractivity contribution in [2.45, 2.75) is 13.3 Å². The van der Waals surface area contributed by atoms with E-state index in [0.717, 1.165) is 17.8 Å². The summed E-state index contributed by atoms with van der Waals surface area (Å²) in [6.07, 6.45) is 5.21. The molecule has 0 aromatic carbocycles. The number of aromatic nitrogens is 5. The van der Waals surface area contributed by atoms with Crippen molar-refractivity contribution in [3.05, 3.63) is 40.7 Å². The van der Waals surface area contributed by atoms with Crippen LogP contribution >= 0.6 is 0 Å². The van der Waals surface area contributed by atoms with Crippen molar-refractivity contribution in [2.24, 2.45) is 0 Å². The van der Waals surface area contributed by atoms with Crippen LogP contribution in [-0.2, 0) is 0 Å². The maximum atomic E-state index is 11.9. The fourth-order valence-electron chi connectivity index (χ4n) is 2.46. The molecule has 1 fully saturated rings. The molecule has 1 saturated heterocycles. The van der Waals surface area contributed by atoms with Gasteiger partial charge in [0.15, 0.2) is 5.82 Å². The van der Waals surface area contributed by atoms with E-state index in [9.17, 15) is 4.79 Å². The fourth-order valence-corrected chi connectivity index (χ4v) is 2.46. The number of allylic oxidation sites excluding steroid dienone is 1. The number of hydrazine groups is 2. The molecular weight excluding hydrogens is 274 g/mol. The van der Waals surface area contributed by atoms with Crippen LogP contribution < -0.4 is 26.5 Å². The normalized spacial score (nSPS) is 16.8. The lowest BCUT2D eigenvalue weighted by atomic mass is 10.2. The predicted molar refractivity (Wildman–Crippen MR) is 74.5 cm³/mol. The van der Waals surface area contributed by atoms with Crippen LogP contribution in [0, 0.1) is 0 Å². The molecule has 0 amide bonds. The molecule has 0 bridgehead atoms. The van der Waals surface area contributed by atoms with Crippen LogP contribution in [0.1, 0.15) is 13.3 Å². The highest BCUT2D eigenvalue weighted by molar-refractivity contribution is 5.73. The molecule has 0 unspecified atom stereocenters. The van der Waals surface area contributed by atoms with Gasteiger partial charge in [0.2, 0.25) is 0 Å². The van der Waals surface area contributed by atoms with Gasteiger partial charge in [-0.25, -0.2) is 20.1 Å². The van der Waals surface area contributed by atoms with Crippen LogP contribution in [0.25, 0.3) is 0 Å². The van der Waals surface area contributed by atoms with E-state index in [2.05, 4.69) is 30.9 Å². The smallest absolute Gasteiger partial charge is 0.276 e. The van der Waals surface area contributed by atoms with E-state index in [4.69, 9.17) is 0 Å². The van der Waals surface area contributed by atoms with Gasteiger partial charge in [-0.1, -0.05) is 6.92 Å². The SMILES string of the molecule is CCC1=C2CN(n3cncn3)NN2c2nc[nH]c(=O)c2N1. The highest BCUT2D eigenvalue weighted by Gasteiger charge is 2.35. The van der Waals surface area contributed by atoms with Crippen molar-refractivity contribution < 1.29 is 0 Å². The van der Waals surface area contributed by atoms with E-state index < -0.39 is 0 Å². The number of nitrogens with one attached hydrogen (secondary N) is 3. The Kier molecular flexibility index (Phi) is 2.44. The second-order valence-electron chi connectivity index (χ2n) is 4.64. The molecule has 2 aliphatic heterocycles. The van der Waals surface area contributed by atoms with E-state index in [1.54, 1.807) is 21.2 Å². The average Bonchev–Trinajstić information content (AvgIpc) is 3.16. The molecule has 0 radical (unpaired) electrons. The zero-order chi connectivity index (χ0) is 14.4. The molecule has 4 rings (SSSR count). The zero-order valence-corrected chi connectivity index (χ0v) is 11.2. The molecule has 0 saturated carbocycles. The number of rotatable bonds is 2. The van der Waals surface area contributed by atoms with Gasteiger partial charge in [-0.2, -0.15) is 0 Å². The number of H-pyrrole nitrogens is 1. The van der Waals surface area contributed by atoms with Gasteiger partial charge in [0, 0.05) is 5.70 Å². The predicted octanol–water partition coefficient (Wildman–Crippen LogP) is -0.714. The summed E-state index contributed by atoms with van der Waals surface area (Å²) in [5.74, 6) is 0.536. The molecule has 0 atom stereocenters. The quantitative estimate of drug-likeness (QED) is 0.665. The van der Waals surface area contributed by atoms with Crippen LogP contribution in [0.2, 0.25) is 0 Å². The van der Waals surface area contributed by atoms with Gasteiger partial charge >= 0.3 is 0 Å². The Bertz CT molecular complexity index is 762. The monoisotopic (exact) mass is 287 g/mol. The first-order valence-electron chi connectivity index (χ1n) is 6.53. The van der Waals surface area contributed by atoms with Crippen molar-refractivity contribution in [3.8, 4) is 0 Å². The van der Waals surface area contributed by atoms with E-state index in [1.165, 1.54) is 12.7 Å². The van der Waals surface area contributed by atoms with Crippen molar-refractivity contribution in [3.63, 3.8) is 0 Å². The van der Waals surface area contributed by atoms with E-state index in [1.807, 2.05) is 6.92 Å². The summed E-state index contributed by atoms with van der Waals surface area (Å²) >= 11 is 0. The highest BCUT2D eigenvalue weighted by Crippen LogP contribution is 2.32. The Labute approximate surface area is 119 Å². The van der Waals surface area contributed by atoms with Crippen molar-refractivity contribution in [2.75, 3.05) is 22.0 Å². The minimum absolute atomic E-state index is 0.203. The van der Waals surface area contributed by atoms with Crippen LogP contribution in [0.4, 0.5) is 11.5 Å². The number of fused-ring (bicyclic) bond motifs is 3. The third-order valence-electron chi connectivity index (χ3n) is 3.46. The second kappa shape index (κ2) is 4.31. The molecule has 10 nitrogen and oxygen atoms in total. The third kappa shape index (κ3) is 1.69. The molecule has 2 aromatic heterocycles. The molecule has 0 spiro atoms. The Morgan fingerprint density at radius 3 is 3.10 bits per heavy atom. The van der Waals surface area contributed by atoms with E-state index in [-0.39, 0.29) is 5.56 Å². The van der Waals surface area contributed by atoms with E-state index >= 15 is 0 Å². The summed E-state index contributed by atoms with van der Waals surface area (Å²) in [6.45, 7) is 2.61. The standard InChI is InChI=1S/C11H13N9O/c1-2-7-8-3-18(19-6-12-4-15-19)17-20(8)10-9(16-7)11(21)14-5-13-10/h4-6,16-17H,2-3H2,1H3,(H,13,14,21). The Hall–Kier alpha value is -2.88. The Morgan fingerprint density at radius 2 is 2.33 bits per heavy atom. The van der Waals surface area contributed by atoms with Gasteiger partial charge in [-0.3, -0.25) is 4.79 Å². The Morgan fingerprint density at radius 1 is 1.43 bits per heavy atom. The first-order chi connectivity index (χ1) is 10.3. The number of anilines is 2. The Balaban J connectivity index is 1.80. The van der Waals surface area contributed by atoms with Gasteiger partial charge in [-0.15, -0.1) is 15.4 Å². The maximum absolute atomic E-state index is 11.9. The van der Waals surface area contributed by atoms with Gasteiger partial charge < -0.3 is 10.3 Å². The molecule has 108 valence electrons. The fraction of sp³-hybridized carbons (Fsp3) is 0.273. The topological polar surface area (TPSA) is 107 Å². The minimum atomic E-state index is -0.203. The molecule has 2 aliphatic rings. The van der Waals surface area contributed by atoms with Crippen molar-refractivity contribution in [1.82, 2.24) is 30.4 Å². The maximum Gasteiger partial charge on any atom is 0.276 e. The van der Waals surface area contributed by atoms with Gasteiger partial charge in [0.05, 0.1) is 18.6 Å². The zero-order valence-electron chi connectivity index (χ0n) is 11.2. The van der Waals surface area contributed by atoms with Crippen LogP contribution in [0.5, 0.6) is 0 Å². The van der Waals surface area contributed by atoms with Gasteiger partial charge in [0.1, 0.15) is 18.3 Å². The lowest BCUT2D eigenvalue weighted by Gasteiger charge is -2.27. The number of aromatic amines is 1. The largest absolute Gasteiger partial charge is 0.350 e. The van der Waals surface area contributed by atoms with Gasteiger partial charge in [0.25, 0.3) is 5.56 Å². The van der Waals surface area contributed by atoms with Crippen LogP contribution in [-0.4, -0.2) is 31.4 Å². The first-order valence-corrected chi connectivity index (χ1v) is 6.53. The minimum Gasteiger partial charge on any atom is -0.350 e. The highest BCUT2D eigenvalue weighted by atomic mass is 16.1. The molecule has 4 heterocycles. The lowest BCUT2D eigenvalue weighted by Crippen LogP contribution is -2.47. The molecule has 3 N–H and O–H groups in total. The summed E-state index contributed by atoms with van der Waals surface area (Å²) in [6, 6.07) is 0. The molecule has 10 heteroatoms. The third-order valence-corrected chi connectivity index (χ3v) is 3.46. The van der Waals surface area contributed by atoms with Crippen molar-refractivity contribution >= 4 is 11.5 Å². The summed E-state index contributed by atoms with van der Waals surface area (Å²) in [5, 5.41) is 10.8.